The fourth-order valence-electron chi connectivity index (χ4n) is 3.02. The zero-order valence-electron chi connectivity index (χ0n) is 11.1. The van der Waals surface area contributed by atoms with E-state index >= 15 is 0 Å². The molecule has 0 aromatic carbocycles. The Bertz CT molecular complexity index is 269. The number of carbonyl (C=O) groups excluding carboxylic acids is 1. The molecular formula is C14H25NO2. The third-order valence-corrected chi connectivity index (χ3v) is 4.02. The van der Waals surface area contributed by atoms with E-state index in [1.54, 1.807) is 0 Å². The second-order valence-corrected chi connectivity index (χ2v) is 6.14. The summed E-state index contributed by atoms with van der Waals surface area (Å²) >= 11 is 0. The van der Waals surface area contributed by atoms with Crippen LogP contribution in [0, 0.1) is 5.92 Å². The van der Waals surface area contributed by atoms with E-state index in [1.165, 1.54) is 32.1 Å². The Morgan fingerprint density at radius 2 is 1.88 bits per heavy atom. The normalized spacial score (nSPS) is 29.9. The van der Waals surface area contributed by atoms with Crippen LogP contribution in [-0.2, 0) is 9.53 Å². The van der Waals surface area contributed by atoms with E-state index < -0.39 is 0 Å². The predicted molar refractivity (Wildman–Crippen MR) is 67.8 cm³/mol. The molecular weight excluding hydrogens is 214 g/mol. The predicted octanol–water partition coefficient (Wildman–Crippen LogP) is 2.64. The minimum atomic E-state index is -0.132. The number of amides is 1. The van der Waals surface area contributed by atoms with Gasteiger partial charge in [0.2, 0.25) is 5.91 Å². The number of rotatable bonds is 2. The molecule has 1 atom stereocenters. The Balaban J connectivity index is 1.82. The van der Waals surface area contributed by atoms with E-state index in [2.05, 4.69) is 19.2 Å². The van der Waals surface area contributed by atoms with Crippen LogP contribution in [0.5, 0.6) is 0 Å². The SMILES string of the molecule is CC1(C)CC(C(=O)NC2CCCCC2)CCO1. The summed E-state index contributed by atoms with van der Waals surface area (Å²) in [6.45, 7) is 4.87. The molecule has 3 nitrogen and oxygen atoms in total. The lowest BCUT2D eigenvalue weighted by Crippen LogP contribution is -2.45. The van der Waals surface area contributed by atoms with Crippen LogP contribution in [-0.4, -0.2) is 24.2 Å². The van der Waals surface area contributed by atoms with E-state index in [0.29, 0.717) is 6.04 Å². The number of carbonyl (C=O) groups is 1. The first-order valence-corrected chi connectivity index (χ1v) is 7.01. The molecule has 0 spiro atoms. The van der Waals surface area contributed by atoms with E-state index in [4.69, 9.17) is 4.74 Å². The van der Waals surface area contributed by atoms with Crippen molar-refractivity contribution in [2.24, 2.45) is 5.92 Å². The number of nitrogens with one attached hydrogen (secondary N) is 1. The first-order valence-electron chi connectivity index (χ1n) is 7.01. The first kappa shape index (κ1) is 12.9. The summed E-state index contributed by atoms with van der Waals surface area (Å²) < 4.78 is 5.66. The van der Waals surface area contributed by atoms with Crippen LogP contribution in [0.4, 0.5) is 0 Å². The van der Waals surface area contributed by atoms with Crippen molar-refractivity contribution in [2.45, 2.75) is 70.4 Å². The second kappa shape index (κ2) is 5.38. The Labute approximate surface area is 104 Å². The quantitative estimate of drug-likeness (QED) is 0.804. The summed E-state index contributed by atoms with van der Waals surface area (Å²) in [4.78, 5) is 12.2. The molecule has 1 amide bonds. The summed E-state index contributed by atoms with van der Waals surface area (Å²) in [5, 5.41) is 3.23. The molecule has 0 aromatic rings. The average molecular weight is 239 g/mol. The Hall–Kier alpha value is -0.570. The molecule has 2 fully saturated rings. The molecule has 98 valence electrons. The van der Waals surface area contributed by atoms with Crippen LogP contribution in [0.15, 0.2) is 0 Å². The van der Waals surface area contributed by atoms with Gasteiger partial charge >= 0.3 is 0 Å². The van der Waals surface area contributed by atoms with Crippen molar-refractivity contribution in [1.82, 2.24) is 5.32 Å². The van der Waals surface area contributed by atoms with E-state index in [-0.39, 0.29) is 17.4 Å². The van der Waals surface area contributed by atoms with Gasteiger partial charge in [0.05, 0.1) is 5.60 Å². The fourth-order valence-corrected chi connectivity index (χ4v) is 3.02. The van der Waals surface area contributed by atoms with Gasteiger partial charge in [-0.1, -0.05) is 19.3 Å². The van der Waals surface area contributed by atoms with Crippen LogP contribution < -0.4 is 5.32 Å². The first-order chi connectivity index (χ1) is 8.07. The molecule has 0 radical (unpaired) electrons. The molecule has 17 heavy (non-hydrogen) atoms. The minimum Gasteiger partial charge on any atom is -0.376 e. The zero-order chi connectivity index (χ0) is 12.3. The summed E-state index contributed by atoms with van der Waals surface area (Å²) in [5.41, 5.74) is -0.132. The molecule has 0 aromatic heterocycles. The molecule has 2 aliphatic rings. The molecule has 1 aliphatic carbocycles. The highest BCUT2D eigenvalue weighted by atomic mass is 16.5. The Morgan fingerprint density at radius 1 is 1.18 bits per heavy atom. The number of ether oxygens (including phenoxy) is 1. The van der Waals surface area contributed by atoms with Crippen molar-refractivity contribution < 1.29 is 9.53 Å². The van der Waals surface area contributed by atoms with E-state index in [1.807, 2.05) is 0 Å². The topological polar surface area (TPSA) is 38.3 Å². The van der Waals surface area contributed by atoms with Crippen LogP contribution in [0.1, 0.15) is 58.8 Å². The van der Waals surface area contributed by atoms with Crippen molar-refractivity contribution in [2.75, 3.05) is 6.61 Å². The molecule has 1 saturated carbocycles. The average Bonchev–Trinajstić information content (AvgIpc) is 2.29. The lowest BCUT2D eigenvalue weighted by atomic mass is 9.87. The summed E-state index contributed by atoms with van der Waals surface area (Å²) in [6, 6.07) is 0.433. The van der Waals surface area contributed by atoms with Crippen molar-refractivity contribution in [3.8, 4) is 0 Å². The third kappa shape index (κ3) is 3.70. The molecule has 3 heteroatoms. The van der Waals surface area contributed by atoms with Crippen LogP contribution in [0.25, 0.3) is 0 Å². The van der Waals surface area contributed by atoms with Gasteiger partial charge in [-0.3, -0.25) is 4.79 Å². The van der Waals surface area contributed by atoms with Crippen LogP contribution in [0.2, 0.25) is 0 Å². The molecule has 1 heterocycles. The standard InChI is InChI=1S/C14H25NO2/c1-14(2)10-11(8-9-17-14)13(16)15-12-6-4-3-5-7-12/h11-12H,3-10H2,1-2H3,(H,15,16). The summed E-state index contributed by atoms with van der Waals surface area (Å²) in [5.74, 6) is 0.411. The zero-order valence-corrected chi connectivity index (χ0v) is 11.1. The largest absolute Gasteiger partial charge is 0.376 e. The van der Waals surface area contributed by atoms with Crippen molar-refractivity contribution in [1.29, 1.82) is 0 Å². The summed E-state index contributed by atoms with van der Waals surface area (Å²) in [6.07, 6.45) is 7.93. The molecule has 1 saturated heterocycles. The number of hydrogen-bond donors (Lipinski definition) is 1. The molecule has 0 bridgehead atoms. The van der Waals surface area contributed by atoms with Crippen LogP contribution >= 0.6 is 0 Å². The maximum atomic E-state index is 12.2. The van der Waals surface area contributed by atoms with Gasteiger partial charge in [-0.15, -0.1) is 0 Å². The van der Waals surface area contributed by atoms with Crippen molar-refractivity contribution in [3.63, 3.8) is 0 Å². The molecule has 2 rings (SSSR count). The lowest BCUT2D eigenvalue weighted by molar-refractivity contribution is -0.136. The van der Waals surface area contributed by atoms with Gasteiger partial charge in [-0.2, -0.15) is 0 Å². The molecule has 1 aliphatic heterocycles. The minimum absolute atomic E-state index is 0.132. The monoisotopic (exact) mass is 239 g/mol. The maximum Gasteiger partial charge on any atom is 0.223 e. The Kier molecular flexibility index (Phi) is 4.08. The van der Waals surface area contributed by atoms with Gasteiger partial charge < -0.3 is 10.1 Å². The lowest BCUT2D eigenvalue weighted by Gasteiger charge is -2.35. The maximum absolute atomic E-state index is 12.2. The molecule has 1 unspecified atom stereocenters. The van der Waals surface area contributed by atoms with Gasteiger partial charge in [0, 0.05) is 18.6 Å². The molecule has 1 N–H and O–H groups in total. The third-order valence-electron chi connectivity index (χ3n) is 4.02. The van der Waals surface area contributed by atoms with Gasteiger partial charge in [-0.05, 0) is 39.5 Å². The highest BCUT2D eigenvalue weighted by Gasteiger charge is 2.33. The highest BCUT2D eigenvalue weighted by molar-refractivity contribution is 5.79. The van der Waals surface area contributed by atoms with Crippen molar-refractivity contribution >= 4 is 5.91 Å². The number of hydrogen-bond acceptors (Lipinski definition) is 2. The van der Waals surface area contributed by atoms with Crippen LogP contribution in [0.3, 0.4) is 0 Å². The van der Waals surface area contributed by atoms with E-state index in [9.17, 15) is 4.79 Å². The summed E-state index contributed by atoms with van der Waals surface area (Å²) in [7, 11) is 0. The fraction of sp³-hybridized carbons (Fsp3) is 0.929. The smallest absolute Gasteiger partial charge is 0.223 e. The van der Waals surface area contributed by atoms with Gasteiger partial charge in [0.25, 0.3) is 0 Å². The van der Waals surface area contributed by atoms with Gasteiger partial charge in [0.15, 0.2) is 0 Å². The second-order valence-electron chi connectivity index (χ2n) is 6.14. The van der Waals surface area contributed by atoms with E-state index in [0.717, 1.165) is 19.4 Å². The van der Waals surface area contributed by atoms with Crippen molar-refractivity contribution in [3.05, 3.63) is 0 Å². The highest BCUT2D eigenvalue weighted by Crippen LogP contribution is 2.29. The van der Waals surface area contributed by atoms with Gasteiger partial charge in [0.1, 0.15) is 0 Å². The van der Waals surface area contributed by atoms with Gasteiger partial charge in [-0.25, -0.2) is 0 Å². The Morgan fingerprint density at radius 3 is 2.53 bits per heavy atom.